The highest BCUT2D eigenvalue weighted by atomic mass is 16.1. The summed E-state index contributed by atoms with van der Waals surface area (Å²) in [4.78, 5) is 11.2. The minimum atomic E-state index is -0.107. The van der Waals surface area contributed by atoms with Crippen LogP contribution in [0.1, 0.15) is 12.5 Å². The molecule has 0 spiro atoms. The molecule has 0 aliphatic rings. The van der Waals surface area contributed by atoms with Crippen LogP contribution in [-0.4, -0.2) is 19.0 Å². The number of nitrogen functional groups attached to an aromatic ring is 1. The number of likely N-dealkylation sites (N-methyl/N-ethyl adjacent to an activating group) is 1. The molecule has 0 radical (unpaired) electrons. The van der Waals surface area contributed by atoms with Gasteiger partial charge in [0.2, 0.25) is 5.91 Å². The van der Waals surface area contributed by atoms with Gasteiger partial charge in [-0.25, -0.2) is 0 Å². The van der Waals surface area contributed by atoms with Crippen molar-refractivity contribution < 1.29 is 4.79 Å². The Bertz CT molecular complexity index is 422. The SMILES string of the molecule is CCNC(=O)CNc1cc(C#N)ccc1N. The number of carbonyl (C=O) groups is 1. The fourth-order valence-electron chi connectivity index (χ4n) is 1.21. The molecule has 0 atom stereocenters. The maximum absolute atomic E-state index is 11.2. The van der Waals surface area contributed by atoms with E-state index >= 15 is 0 Å². The van der Waals surface area contributed by atoms with Gasteiger partial charge >= 0.3 is 0 Å². The Labute approximate surface area is 94.2 Å². The number of rotatable bonds is 4. The molecule has 0 fully saturated rings. The summed E-state index contributed by atoms with van der Waals surface area (Å²) in [5.41, 5.74) is 7.33. The molecule has 1 aromatic carbocycles. The van der Waals surface area contributed by atoms with Crippen molar-refractivity contribution in [2.24, 2.45) is 0 Å². The van der Waals surface area contributed by atoms with Crippen molar-refractivity contribution in [2.75, 3.05) is 24.1 Å². The highest BCUT2D eigenvalue weighted by molar-refractivity contribution is 5.82. The smallest absolute Gasteiger partial charge is 0.239 e. The number of carbonyl (C=O) groups excluding carboxylic acids is 1. The Morgan fingerprint density at radius 3 is 2.94 bits per heavy atom. The van der Waals surface area contributed by atoms with Crippen LogP contribution in [0.3, 0.4) is 0 Å². The van der Waals surface area contributed by atoms with E-state index in [1.54, 1.807) is 18.2 Å². The van der Waals surface area contributed by atoms with Crippen LogP contribution in [0, 0.1) is 11.3 Å². The first-order valence-corrected chi connectivity index (χ1v) is 4.97. The van der Waals surface area contributed by atoms with E-state index in [-0.39, 0.29) is 12.5 Å². The van der Waals surface area contributed by atoms with Crippen LogP contribution < -0.4 is 16.4 Å². The molecule has 4 N–H and O–H groups in total. The van der Waals surface area contributed by atoms with Crippen LogP contribution in [0.5, 0.6) is 0 Å². The zero-order valence-corrected chi connectivity index (χ0v) is 9.08. The number of hydrogen-bond donors (Lipinski definition) is 3. The number of hydrogen-bond acceptors (Lipinski definition) is 4. The first-order chi connectivity index (χ1) is 7.67. The molecule has 0 aliphatic carbocycles. The van der Waals surface area contributed by atoms with Crippen molar-refractivity contribution in [2.45, 2.75) is 6.92 Å². The fourth-order valence-corrected chi connectivity index (χ4v) is 1.21. The van der Waals surface area contributed by atoms with Gasteiger partial charge in [0.25, 0.3) is 0 Å². The van der Waals surface area contributed by atoms with Gasteiger partial charge in [-0.2, -0.15) is 5.26 Å². The van der Waals surface area contributed by atoms with Gasteiger partial charge in [-0.15, -0.1) is 0 Å². The van der Waals surface area contributed by atoms with Crippen molar-refractivity contribution in [3.05, 3.63) is 23.8 Å². The van der Waals surface area contributed by atoms with Crippen LogP contribution in [0.2, 0.25) is 0 Å². The predicted molar refractivity (Wildman–Crippen MR) is 62.7 cm³/mol. The predicted octanol–water partition coefficient (Wildman–Crippen LogP) is 0.688. The molecule has 0 heterocycles. The van der Waals surface area contributed by atoms with Crippen LogP contribution in [0.25, 0.3) is 0 Å². The zero-order valence-electron chi connectivity index (χ0n) is 9.08. The number of nitrogens with zero attached hydrogens (tertiary/aromatic N) is 1. The molecule has 5 heteroatoms. The van der Waals surface area contributed by atoms with Gasteiger partial charge in [0.05, 0.1) is 29.6 Å². The Balaban J connectivity index is 2.66. The number of amides is 1. The van der Waals surface area contributed by atoms with E-state index in [1.165, 1.54) is 0 Å². The lowest BCUT2D eigenvalue weighted by atomic mass is 10.2. The summed E-state index contributed by atoms with van der Waals surface area (Å²) < 4.78 is 0. The van der Waals surface area contributed by atoms with E-state index in [1.807, 2.05) is 13.0 Å². The third-order valence-corrected chi connectivity index (χ3v) is 2.00. The molecular weight excluding hydrogens is 204 g/mol. The van der Waals surface area contributed by atoms with Crippen LogP contribution >= 0.6 is 0 Å². The minimum Gasteiger partial charge on any atom is -0.397 e. The lowest BCUT2D eigenvalue weighted by Crippen LogP contribution is -2.29. The van der Waals surface area contributed by atoms with E-state index in [0.717, 1.165) is 0 Å². The molecule has 1 aromatic rings. The second kappa shape index (κ2) is 5.61. The summed E-state index contributed by atoms with van der Waals surface area (Å²) in [6, 6.07) is 6.90. The van der Waals surface area contributed by atoms with Gasteiger partial charge in [-0.1, -0.05) is 0 Å². The number of nitriles is 1. The van der Waals surface area contributed by atoms with Crippen molar-refractivity contribution >= 4 is 17.3 Å². The molecule has 1 rings (SSSR count). The molecule has 0 unspecified atom stereocenters. The van der Waals surface area contributed by atoms with Crippen molar-refractivity contribution in [1.29, 1.82) is 5.26 Å². The zero-order chi connectivity index (χ0) is 12.0. The quantitative estimate of drug-likeness (QED) is 0.648. The van der Waals surface area contributed by atoms with Crippen molar-refractivity contribution in [3.8, 4) is 6.07 Å². The van der Waals surface area contributed by atoms with Gasteiger partial charge in [-0.3, -0.25) is 4.79 Å². The molecule has 16 heavy (non-hydrogen) atoms. The van der Waals surface area contributed by atoms with Gasteiger partial charge in [0.15, 0.2) is 0 Å². The summed E-state index contributed by atoms with van der Waals surface area (Å²) >= 11 is 0. The monoisotopic (exact) mass is 218 g/mol. The molecule has 5 nitrogen and oxygen atoms in total. The fraction of sp³-hybridized carbons (Fsp3) is 0.273. The average Bonchev–Trinajstić information content (AvgIpc) is 2.28. The van der Waals surface area contributed by atoms with Crippen LogP contribution in [0.15, 0.2) is 18.2 Å². The lowest BCUT2D eigenvalue weighted by Gasteiger charge is -2.09. The first-order valence-electron chi connectivity index (χ1n) is 4.97. The Morgan fingerprint density at radius 2 is 2.31 bits per heavy atom. The Morgan fingerprint density at radius 1 is 1.56 bits per heavy atom. The molecule has 0 aliphatic heterocycles. The van der Waals surface area contributed by atoms with Gasteiger partial charge < -0.3 is 16.4 Å². The molecule has 0 saturated carbocycles. The van der Waals surface area contributed by atoms with E-state index in [4.69, 9.17) is 11.0 Å². The molecule has 84 valence electrons. The average molecular weight is 218 g/mol. The Kier molecular flexibility index (Phi) is 4.16. The van der Waals surface area contributed by atoms with Gasteiger partial charge in [0, 0.05) is 6.54 Å². The maximum Gasteiger partial charge on any atom is 0.239 e. The molecular formula is C11H14N4O. The van der Waals surface area contributed by atoms with E-state index < -0.39 is 0 Å². The van der Waals surface area contributed by atoms with E-state index in [2.05, 4.69) is 10.6 Å². The summed E-state index contributed by atoms with van der Waals surface area (Å²) in [5.74, 6) is -0.107. The summed E-state index contributed by atoms with van der Waals surface area (Å²) in [6.45, 7) is 2.59. The number of nitrogens with two attached hydrogens (primary N) is 1. The number of benzene rings is 1. The Hall–Kier alpha value is -2.22. The van der Waals surface area contributed by atoms with Crippen molar-refractivity contribution in [1.82, 2.24) is 5.32 Å². The van der Waals surface area contributed by atoms with Gasteiger partial charge in [-0.05, 0) is 25.1 Å². The number of anilines is 2. The molecule has 0 saturated heterocycles. The van der Waals surface area contributed by atoms with Crippen LogP contribution in [0.4, 0.5) is 11.4 Å². The standard InChI is InChI=1S/C11H14N4O/c1-2-14-11(16)7-15-10-5-8(6-12)3-4-9(10)13/h3-5,15H,2,7,13H2,1H3,(H,14,16). The normalized spacial score (nSPS) is 9.25. The van der Waals surface area contributed by atoms with E-state index in [9.17, 15) is 4.79 Å². The summed E-state index contributed by atoms with van der Waals surface area (Å²) in [7, 11) is 0. The summed E-state index contributed by atoms with van der Waals surface area (Å²) in [5, 5.41) is 14.3. The third kappa shape index (κ3) is 3.17. The maximum atomic E-state index is 11.2. The molecule has 0 bridgehead atoms. The van der Waals surface area contributed by atoms with Crippen molar-refractivity contribution in [3.63, 3.8) is 0 Å². The minimum absolute atomic E-state index is 0.107. The molecule has 0 aromatic heterocycles. The highest BCUT2D eigenvalue weighted by Gasteiger charge is 2.03. The second-order valence-electron chi connectivity index (χ2n) is 3.22. The number of nitrogens with one attached hydrogen (secondary N) is 2. The van der Waals surface area contributed by atoms with Gasteiger partial charge in [0.1, 0.15) is 0 Å². The lowest BCUT2D eigenvalue weighted by molar-refractivity contribution is -0.119. The summed E-state index contributed by atoms with van der Waals surface area (Å²) in [6.07, 6.45) is 0. The third-order valence-electron chi connectivity index (χ3n) is 2.00. The largest absolute Gasteiger partial charge is 0.397 e. The highest BCUT2D eigenvalue weighted by Crippen LogP contribution is 2.19. The van der Waals surface area contributed by atoms with E-state index in [0.29, 0.717) is 23.5 Å². The van der Waals surface area contributed by atoms with Crippen LogP contribution in [-0.2, 0) is 4.79 Å². The first kappa shape index (κ1) is 11.9. The molecule has 1 amide bonds. The topological polar surface area (TPSA) is 90.9 Å². The second-order valence-corrected chi connectivity index (χ2v) is 3.22.